The summed E-state index contributed by atoms with van der Waals surface area (Å²) in [7, 11) is -2.11. The molecule has 0 N–H and O–H groups in total. The van der Waals surface area contributed by atoms with Crippen molar-refractivity contribution < 1.29 is 4.21 Å². The normalized spacial score (nSPS) is 14.8. The highest BCUT2D eigenvalue weighted by atomic mass is 35.6. The molecule has 0 saturated carbocycles. The number of benzene rings is 2. The van der Waals surface area contributed by atoms with Gasteiger partial charge in [-0.3, -0.25) is 0 Å². The molecular weight excluding hydrogens is 335 g/mol. The van der Waals surface area contributed by atoms with Gasteiger partial charge in [-0.15, -0.1) is 0 Å². The van der Waals surface area contributed by atoms with Crippen LogP contribution in [0.3, 0.4) is 0 Å². The molecule has 1 nitrogen and oxygen atoms in total. The first-order valence-electron chi connectivity index (χ1n) is 5.97. The monoisotopic (exact) mass is 347 g/mol. The van der Waals surface area contributed by atoms with Gasteiger partial charge in [0.15, 0.2) is 4.90 Å². The Balaban J connectivity index is 2.20. The van der Waals surface area contributed by atoms with E-state index in [0.717, 1.165) is 10.5 Å². The van der Waals surface area contributed by atoms with Gasteiger partial charge >= 0.3 is 0 Å². The van der Waals surface area contributed by atoms with Gasteiger partial charge in [-0.2, -0.15) is 0 Å². The molecular formula is C15H14Cl3OS+. The lowest BCUT2D eigenvalue weighted by Crippen LogP contribution is -2.12. The fraction of sp³-hybridized carbons (Fsp3) is 0.200. The van der Waals surface area contributed by atoms with Gasteiger partial charge in [-0.1, -0.05) is 81.5 Å². The Morgan fingerprint density at radius 3 is 2.00 bits per heavy atom. The predicted molar refractivity (Wildman–Crippen MR) is 88.1 cm³/mol. The van der Waals surface area contributed by atoms with Gasteiger partial charge < -0.3 is 0 Å². The predicted octanol–water partition coefficient (Wildman–Crippen LogP) is 5.20. The number of rotatable bonds is 3. The molecule has 0 spiro atoms. The highest BCUT2D eigenvalue weighted by molar-refractivity contribution is 8.01. The largest absolute Gasteiger partial charge is 0.216 e. The molecule has 0 saturated heterocycles. The Bertz CT molecular complexity index is 618. The molecule has 1 unspecified atom stereocenters. The van der Waals surface area contributed by atoms with Crippen LogP contribution in [0.4, 0.5) is 0 Å². The van der Waals surface area contributed by atoms with Gasteiger partial charge in [-0.25, -0.2) is 0 Å². The maximum atomic E-state index is 12.8. The molecule has 20 heavy (non-hydrogen) atoms. The molecule has 0 aliphatic rings. The molecule has 5 heteroatoms. The lowest BCUT2D eigenvalue weighted by atomic mass is 10.2. The van der Waals surface area contributed by atoms with E-state index in [9.17, 15) is 4.21 Å². The van der Waals surface area contributed by atoms with Crippen molar-refractivity contribution in [2.24, 2.45) is 0 Å². The lowest BCUT2D eigenvalue weighted by molar-refractivity contribution is 0.587. The van der Waals surface area contributed by atoms with E-state index in [2.05, 4.69) is 0 Å². The fourth-order valence-corrected chi connectivity index (χ4v) is 4.01. The van der Waals surface area contributed by atoms with Crippen molar-refractivity contribution >= 4 is 44.7 Å². The second-order valence-electron chi connectivity index (χ2n) is 4.66. The standard InChI is InChI=1S/C15H14Cl3OS/c1-20(19,14-5-3-2-4-6-14)11-12-7-9-13(10-8-12)15(16,17)18/h2-10H,11H2,1H3/q+1. The molecule has 0 aliphatic heterocycles. The van der Waals surface area contributed by atoms with E-state index in [-0.39, 0.29) is 0 Å². The quantitative estimate of drug-likeness (QED) is 0.550. The Labute approximate surface area is 135 Å². The number of hydrogen-bond donors (Lipinski definition) is 0. The van der Waals surface area contributed by atoms with Crippen LogP contribution in [0.1, 0.15) is 11.1 Å². The topological polar surface area (TPSA) is 17.1 Å². The molecule has 2 aromatic rings. The van der Waals surface area contributed by atoms with Crippen molar-refractivity contribution in [3.63, 3.8) is 0 Å². The van der Waals surface area contributed by atoms with Crippen LogP contribution in [0.2, 0.25) is 0 Å². The van der Waals surface area contributed by atoms with Crippen molar-refractivity contribution in [2.45, 2.75) is 14.4 Å². The van der Waals surface area contributed by atoms with Crippen molar-refractivity contribution in [2.75, 3.05) is 6.26 Å². The molecule has 2 aromatic carbocycles. The van der Waals surface area contributed by atoms with Crippen LogP contribution in [0.15, 0.2) is 59.5 Å². The second kappa shape index (κ2) is 6.07. The zero-order valence-corrected chi connectivity index (χ0v) is 13.9. The molecule has 0 bridgehead atoms. The van der Waals surface area contributed by atoms with Crippen LogP contribution >= 0.6 is 34.8 Å². The first kappa shape index (κ1) is 15.8. The summed E-state index contributed by atoms with van der Waals surface area (Å²) in [5, 5.41) is 0. The minimum Gasteiger partial charge on any atom is -0.0996 e. The summed E-state index contributed by atoms with van der Waals surface area (Å²) < 4.78 is 11.3. The van der Waals surface area contributed by atoms with Gasteiger partial charge in [0.05, 0.1) is 0 Å². The number of halogens is 3. The Hall–Kier alpha value is -0.540. The van der Waals surface area contributed by atoms with Crippen molar-refractivity contribution in [1.29, 1.82) is 0 Å². The van der Waals surface area contributed by atoms with Crippen molar-refractivity contribution in [3.8, 4) is 0 Å². The Morgan fingerprint density at radius 2 is 1.50 bits per heavy atom. The molecule has 106 valence electrons. The molecule has 2 rings (SSSR count). The van der Waals surface area contributed by atoms with E-state index in [1.807, 2.05) is 42.5 Å². The van der Waals surface area contributed by atoms with Gasteiger partial charge in [-0.05, 0) is 12.1 Å². The molecule has 0 amide bonds. The zero-order chi connectivity index (χ0) is 14.8. The van der Waals surface area contributed by atoms with Crippen LogP contribution < -0.4 is 0 Å². The zero-order valence-electron chi connectivity index (χ0n) is 10.9. The third kappa shape index (κ3) is 3.98. The highest BCUT2D eigenvalue weighted by Crippen LogP contribution is 2.38. The van der Waals surface area contributed by atoms with Crippen LogP contribution in [0.25, 0.3) is 0 Å². The van der Waals surface area contributed by atoms with E-state index in [1.165, 1.54) is 0 Å². The van der Waals surface area contributed by atoms with E-state index in [1.54, 1.807) is 18.4 Å². The average molecular weight is 349 g/mol. The first-order valence-corrected chi connectivity index (χ1v) is 9.24. The summed E-state index contributed by atoms with van der Waals surface area (Å²) >= 11 is 17.4. The van der Waals surface area contributed by atoms with Crippen molar-refractivity contribution in [3.05, 3.63) is 65.7 Å². The van der Waals surface area contributed by atoms with E-state index < -0.39 is 13.7 Å². The molecule has 1 atom stereocenters. The Morgan fingerprint density at radius 1 is 0.950 bits per heavy atom. The third-order valence-corrected chi connectivity index (χ3v) is 5.77. The summed E-state index contributed by atoms with van der Waals surface area (Å²) in [6.45, 7) is 0. The minimum absolute atomic E-state index is 0.469. The van der Waals surface area contributed by atoms with Crippen LogP contribution in [0, 0.1) is 0 Å². The maximum Gasteiger partial charge on any atom is 0.216 e. The summed E-state index contributed by atoms with van der Waals surface area (Å²) in [6, 6.07) is 16.7. The molecule has 0 aliphatic carbocycles. The molecule has 0 heterocycles. The molecule has 0 radical (unpaired) electrons. The smallest absolute Gasteiger partial charge is 0.0996 e. The summed E-state index contributed by atoms with van der Waals surface area (Å²) in [5.74, 6) is 0.469. The van der Waals surface area contributed by atoms with E-state index in [0.29, 0.717) is 11.3 Å². The number of hydrogen-bond acceptors (Lipinski definition) is 1. The second-order valence-corrected chi connectivity index (χ2v) is 9.71. The van der Waals surface area contributed by atoms with Gasteiger partial charge in [0.1, 0.15) is 21.9 Å². The summed E-state index contributed by atoms with van der Waals surface area (Å²) in [6.07, 6.45) is 1.77. The third-order valence-electron chi connectivity index (χ3n) is 2.97. The van der Waals surface area contributed by atoms with E-state index >= 15 is 0 Å². The van der Waals surface area contributed by atoms with Gasteiger partial charge in [0.25, 0.3) is 0 Å². The number of alkyl halides is 3. The summed E-state index contributed by atoms with van der Waals surface area (Å²) in [5.41, 5.74) is 1.56. The van der Waals surface area contributed by atoms with Crippen LogP contribution in [-0.4, -0.2) is 6.26 Å². The van der Waals surface area contributed by atoms with Gasteiger partial charge in [0.2, 0.25) is 3.79 Å². The van der Waals surface area contributed by atoms with Crippen LogP contribution in [-0.2, 0) is 23.7 Å². The van der Waals surface area contributed by atoms with Crippen molar-refractivity contribution in [1.82, 2.24) is 0 Å². The average Bonchev–Trinajstić information content (AvgIpc) is 2.39. The highest BCUT2D eigenvalue weighted by Gasteiger charge is 2.26. The first-order chi connectivity index (χ1) is 9.29. The summed E-state index contributed by atoms with van der Waals surface area (Å²) in [4.78, 5) is 0.852. The van der Waals surface area contributed by atoms with E-state index in [4.69, 9.17) is 34.8 Å². The minimum atomic E-state index is -2.11. The molecule has 0 aromatic heterocycles. The van der Waals surface area contributed by atoms with Gasteiger partial charge in [0, 0.05) is 11.1 Å². The lowest BCUT2D eigenvalue weighted by Gasteiger charge is -2.12. The fourth-order valence-electron chi connectivity index (χ4n) is 1.90. The van der Waals surface area contributed by atoms with Crippen LogP contribution in [0.5, 0.6) is 0 Å². The SMILES string of the molecule is C[S+](=O)(Cc1ccc(C(Cl)(Cl)Cl)cc1)c1ccccc1. The Kier molecular flexibility index (Phi) is 4.80. The molecule has 0 fully saturated rings. The maximum absolute atomic E-state index is 12.8.